The van der Waals surface area contributed by atoms with Crippen LogP contribution in [-0.2, 0) is 16.0 Å². The second-order valence-electron chi connectivity index (χ2n) is 7.48. The fourth-order valence-electron chi connectivity index (χ4n) is 4.12. The first kappa shape index (κ1) is 19.2. The lowest BCUT2D eigenvalue weighted by molar-refractivity contribution is -0.132. The molecule has 27 heavy (non-hydrogen) atoms. The zero-order valence-corrected chi connectivity index (χ0v) is 16.4. The van der Waals surface area contributed by atoms with Crippen molar-refractivity contribution in [3.63, 3.8) is 0 Å². The molecular weight excluding hydrogens is 336 g/mol. The number of rotatable bonds is 5. The Morgan fingerprint density at radius 2 is 1.93 bits per heavy atom. The molecule has 2 aromatic carbocycles. The normalized spacial score (nSPS) is 19.1. The Bertz CT molecular complexity index is 846. The third-order valence-electron chi connectivity index (χ3n) is 5.59. The van der Waals surface area contributed by atoms with Crippen LogP contribution in [-0.4, -0.2) is 36.9 Å². The van der Waals surface area contributed by atoms with Crippen LogP contribution in [0.1, 0.15) is 30.9 Å². The third-order valence-corrected chi connectivity index (χ3v) is 5.59. The highest BCUT2D eigenvalue weighted by Gasteiger charge is 2.45. The van der Waals surface area contributed by atoms with E-state index < -0.39 is 5.41 Å². The van der Waals surface area contributed by atoms with Gasteiger partial charge in [0.15, 0.2) is 0 Å². The number of benzene rings is 2. The van der Waals surface area contributed by atoms with E-state index in [1.165, 1.54) is 5.56 Å². The highest BCUT2D eigenvalue weighted by molar-refractivity contribution is 5.86. The van der Waals surface area contributed by atoms with Gasteiger partial charge in [-0.05, 0) is 36.5 Å². The smallest absolute Gasteiger partial charge is 0.228 e. The van der Waals surface area contributed by atoms with Crippen LogP contribution in [0.2, 0.25) is 0 Å². The van der Waals surface area contributed by atoms with Crippen molar-refractivity contribution in [2.24, 2.45) is 5.41 Å². The van der Waals surface area contributed by atoms with Gasteiger partial charge in [-0.25, -0.2) is 0 Å². The molecule has 4 heteroatoms. The van der Waals surface area contributed by atoms with Crippen LogP contribution in [0.5, 0.6) is 0 Å². The Balaban J connectivity index is 1.97. The number of aryl methyl sites for hydroxylation is 1. The van der Waals surface area contributed by atoms with Crippen molar-refractivity contribution in [2.75, 3.05) is 20.1 Å². The van der Waals surface area contributed by atoms with Crippen LogP contribution >= 0.6 is 0 Å². The highest BCUT2D eigenvalue weighted by atomic mass is 16.2. The average Bonchev–Trinajstić information content (AvgIpc) is 3.12. The van der Waals surface area contributed by atoms with Crippen molar-refractivity contribution in [3.05, 3.63) is 59.7 Å². The lowest BCUT2D eigenvalue weighted by Gasteiger charge is -2.28. The molecule has 1 atom stereocenters. The number of nitrogens with zero attached hydrogens (tertiary/aromatic N) is 1. The molecule has 1 aliphatic heterocycles. The van der Waals surface area contributed by atoms with Gasteiger partial charge < -0.3 is 10.2 Å². The lowest BCUT2D eigenvalue weighted by Crippen LogP contribution is -2.44. The molecule has 0 aliphatic carbocycles. The Hall–Kier alpha value is -2.62. The first-order valence-corrected chi connectivity index (χ1v) is 9.64. The summed E-state index contributed by atoms with van der Waals surface area (Å²) in [5.74, 6) is 0.140. The number of hydrogen-bond donors (Lipinski definition) is 1. The second-order valence-corrected chi connectivity index (χ2v) is 7.48. The molecule has 0 aromatic heterocycles. The molecule has 1 fully saturated rings. The van der Waals surface area contributed by atoms with Crippen LogP contribution in [0, 0.1) is 12.3 Å². The van der Waals surface area contributed by atoms with Gasteiger partial charge in [-0.3, -0.25) is 9.59 Å². The Labute approximate surface area is 161 Å². The van der Waals surface area contributed by atoms with Crippen LogP contribution in [0.4, 0.5) is 0 Å². The molecule has 1 saturated heterocycles. The first-order valence-electron chi connectivity index (χ1n) is 9.64. The third kappa shape index (κ3) is 3.90. The molecule has 2 amide bonds. The quantitative estimate of drug-likeness (QED) is 0.882. The van der Waals surface area contributed by atoms with E-state index in [-0.39, 0.29) is 11.8 Å². The Morgan fingerprint density at radius 3 is 2.63 bits per heavy atom. The molecule has 3 rings (SSSR count). The zero-order chi connectivity index (χ0) is 19.4. The monoisotopic (exact) mass is 364 g/mol. The molecule has 0 unspecified atom stereocenters. The van der Waals surface area contributed by atoms with Gasteiger partial charge in [-0.1, -0.05) is 61.0 Å². The summed E-state index contributed by atoms with van der Waals surface area (Å²) in [7, 11) is 1.68. The summed E-state index contributed by atoms with van der Waals surface area (Å²) in [6.45, 7) is 5.09. The predicted molar refractivity (Wildman–Crippen MR) is 108 cm³/mol. The molecule has 2 aromatic rings. The van der Waals surface area contributed by atoms with Gasteiger partial charge in [0.1, 0.15) is 0 Å². The molecule has 0 radical (unpaired) electrons. The van der Waals surface area contributed by atoms with Gasteiger partial charge >= 0.3 is 0 Å². The minimum atomic E-state index is -0.570. The van der Waals surface area contributed by atoms with Crippen LogP contribution in [0.15, 0.2) is 48.5 Å². The molecule has 0 spiro atoms. The van der Waals surface area contributed by atoms with E-state index in [0.29, 0.717) is 32.4 Å². The molecule has 1 heterocycles. The summed E-state index contributed by atoms with van der Waals surface area (Å²) in [5, 5.41) is 2.84. The zero-order valence-electron chi connectivity index (χ0n) is 16.4. The highest BCUT2D eigenvalue weighted by Crippen LogP contribution is 2.37. The average molecular weight is 364 g/mol. The number of likely N-dealkylation sites (tertiary alicyclic amines) is 1. The summed E-state index contributed by atoms with van der Waals surface area (Å²) in [6, 6.07) is 16.7. The van der Waals surface area contributed by atoms with Crippen molar-refractivity contribution in [1.29, 1.82) is 0 Å². The van der Waals surface area contributed by atoms with Crippen LogP contribution < -0.4 is 5.32 Å². The molecule has 1 N–H and O–H groups in total. The lowest BCUT2D eigenvalue weighted by atomic mass is 9.78. The summed E-state index contributed by atoms with van der Waals surface area (Å²) >= 11 is 0. The topological polar surface area (TPSA) is 49.4 Å². The number of carbonyl (C=O) groups excluding carboxylic acids is 2. The summed E-state index contributed by atoms with van der Waals surface area (Å²) < 4.78 is 0. The predicted octanol–water partition coefficient (Wildman–Crippen LogP) is 3.58. The van der Waals surface area contributed by atoms with Crippen molar-refractivity contribution in [1.82, 2.24) is 10.2 Å². The van der Waals surface area contributed by atoms with Gasteiger partial charge in [-0.15, -0.1) is 0 Å². The van der Waals surface area contributed by atoms with Gasteiger partial charge in [0.05, 0.1) is 5.41 Å². The fraction of sp³-hybridized carbons (Fsp3) is 0.391. The minimum absolute atomic E-state index is 0.0212. The Morgan fingerprint density at radius 1 is 1.15 bits per heavy atom. The standard InChI is InChI=1S/C23H28N2O2/c1-4-21(26)25-13-12-23(16-25,22(27)24-3)15-19-9-5-6-11-20(19)18-10-7-8-17(2)14-18/h5-11,14H,4,12-13,15-16H2,1-3H3,(H,24,27)/t23-/m0/s1. The number of carbonyl (C=O) groups is 2. The molecule has 142 valence electrons. The van der Waals surface area contributed by atoms with E-state index in [1.54, 1.807) is 7.05 Å². The van der Waals surface area contributed by atoms with E-state index in [1.807, 2.05) is 24.0 Å². The van der Waals surface area contributed by atoms with E-state index in [2.05, 4.69) is 48.6 Å². The van der Waals surface area contributed by atoms with Gasteiger partial charge in [0.25, 0.3) is 0 Å². The number of amides is 2. The first-order chi connectivity index (χ1) is 13.0. The van der Waals surface area contributed by atoms with E-state index >= 15 is 0 Å². The van der Waals surface area contributed by atoms with Gasteiger partial charge in [-0.2, -0.15) is 0 Å². The van der Waals surface area contributed by atoms with Crippen molar-refractivity contribution in [2.45, 2.75) is 33.1 Å². The SMILES string of the molecule is CCC(=O)N1CC[C@@](Cc2ccccc2-c2cccc(C)c2)(C(=O)NC)C1. The number of hydrogen-bond acceptors (Lipinski definition) is 2. The number of nitrogens with one attached hydrogen (secondary N) is 1. The molecule has 0 saturated carbocycles. The fourth-order valence-corrected chi connectivity index (χ4v) is 4.12. The van der Waals surface area contributed by atoms with Crippen molar-refractivity contribution < 1.29 is 9.59 Å². The maximum Gasteiger partial charge on any atom is 0.228 e. The largest absolute Gasteiger partial charge is 0.359 e. The summed E-state index contributed by atoms with van der Waals surface area (Å²) in [5.41, 5.74) is 4.11. The Kier molecular flexibility index (Phi) is 5.64. The summed E-state index contributed by atoms with van der Waals surface area (Å²) in [6.07, 6.45) is 1.80. The van der Waals surface area contributed by atoms with Crippen LogP contribution in [0.25, 0.3) is 11.1 Å². The van der Waals surface area contributed by atoms with Gasteiger partial charge in [0.2, 0.25) is 11.8 Å². The van der Waals surface area contributed by atoms with E-state index in [0.717, 1.165) is 16.7 Å². The van der Waals surface area contributed by atoms with E-state index in [9.17, 15) is 9.59 Å². The van der Waals surface area contributed by atoms with Crippen molar-refractivity contribution in [3.8, 4) is 11.1 Å². The molecule has 1 aliphatic rings. The summed E-state index contributed by atoms with van der Waals surface area (Å²) in [4.78, 5) is 26.9. The molecule has 0 bridgehead atoms. The van der Waals surface area contributed by atoms with E-state index in [4.69, 9.17) is 0 Å². The van der Waals surface area contributed by atoms with Gasteiger partial charge in [0, 0.05) is 26.6 Å². The minimum Gasteiger partial charge on any atom is -0.359 e. The van der Waals surface area contributed by atoms with Crippen LogP contribution in [0.3, 0.4) is 0 Å². The van der Waals surface area contributed by atoms with Crippen molar-refractivity contribution >= 4 is 11.8 Å². The maximum absolute atomic E-state index is 12.8. The second kappa shape index (κ2) is 7.95. The maximum atomic E-state index is 12.8. The molecule has 4 nitrogen and oxygen atoms in total. The molecular formula is C23H28N2O2.